The minimum atomic E-state index is 0. The van der Waals surface area contributed by atoms with Crippen LogP contribution in [0.4, 0.5) is 22.7 Å². The van der Waals surface area contributed by atoms with Crippen LogP contribution in [0.2, 0.25) is 0 Å². The maximum atomic E-state index is 5.84. The summed E-state index contributed by atoms with van der Waals surface area (Å²) in [6.45, 7) is 13.5. The van der Waals surface area contributed by atoms with Crippen molar-refractivity contribution in [2.45, 2.75) is 66.2 Å². The molecule has 183 valence electrons. The van der Waals surface area contributed by atoms with E-state index >= 15 is 0 Å². The van der Waals surface area contributed by atoms with Gasteiger partial charge < -0.3 is 24.0 Å². The van der Waals surface area contributed by atoms with Gasteiger partial charge in [-0.05, 0) is 0 Å². The zero-order chi connectivity index (χ0) is 22.9. The molecule has 0 saturated carbocycles. The fourth-order valence-corrected chi connectivity index (χ4v) is 6.51. The van der Waals surface area contributed by atoms with Crippen molar-refractivity contribution in [3.05, 3.63) is 30.3 Å². The van der Waals surface area contributed by atoms with Crippen LogP contribution in [0.5, 0.6) is 5.75 Å². The molecule has 3 rings (SSSR count). The standard InChI is InChI=1S/C27H41N3OSe.HI/c1-6-10-16-30(17-11-7-2)21-12-13-23-25(19-21)32-26-20-22(29(14-8-3)15-9-4)18-24(31-5)27(26)28-23;/h12-13,18-20,28H,6-11,14-17H2,1-5H3;1H/q+1;/p-1. The van der Waals surface area contributed by atoms with E-state index < -0.39 is 0 Å². The minimum Gasteiger partial charge on any atom is -1.00 e. The second-order valence-corrected chi connectivity index (χ2v) is 10.9. The average Bonchev–Trinajstić information content (AvgIpc) is 2.81. The van der Waals surface area contributed by atoms with Gasteiger partial charge in [0.05, 0.1) is 0 Å². The number of ether oxygens (including phenoxy) is 1. The van der Waals surface area contributed by atoms with Crippen LogP contribution in [-0.4, -0.2) is 48.2 Å². The number of fused-ring (bicyclic) bond motifs is 2. The fraction of sp³-hybridized carbons (Fsp3) is 0.556. The summed E-state index contributed by atoms with van der Waals surface area (Å²) in [6.07, 6.45) is 7.28. The van der Waals surface area contributed by atoms with Crippen LogP contribution in [0.15, 0.2) is 30.3 Å². The molecule has 2 aromatic rings. The maximum Gasteiger partial charge on any atom is -1.00 e. The summed E-state index contributed by atoms with van der Waals surface area (Å²) in [7, 11) is 1.79. The van der Waals surface area contributed by atoms with Gasteiger partial charge in [0.25, 0.3) is 0 Å². The molecule has 4 nitrogen and oxygen atoms in total. The first-order chi connectivity index (χ1) is 15.6. The van der Waals surface area contributed by atoms with Crippen molar-refractivity contribution < 1.29 is 28.7 Å². The maximum absolute atomic E-state index is 5.84. The summed E-state index contributed by atoms with van der Waals surface area (Å²) < 4.78 is 8.67. The number of halogens is 1. The van der Waals surface area contributed by atoms with E-state index in [0.29, 0.717) is 0 Å². The SMILES string of the molecule is CCCCN(CCCC)c1ccc2c(c1)[Se+]c1cc(N(CCC)CCC)cc(OC)c1N2.[I-]. The van der Waals surface area contributed by atoms with Gasteiger partial charge in [-0.15, -0.1) is 0 Å². The van der Waals surface area contributed by atoms with Crippen molar-refractivity contribution in [1.82, 2.24) is 0 Å². The van der Waals surface area contributed by atoms with E-state index in [0.717, 1.165) is 50.5 Å². The molecular formula is C27H41IN3OSe. The first-order valence-electron chi connectivity index (χ1n) is 12.5. The Hall–Kier alpha value is -1.11. The number of hydrogen-bond donors (Lipinski definition) is 1. The number of nitrogens with one attached hydrogen (secondary N) is 1. The molecule has 0 aliphatic carbocycles. The van der Waals surface area contributed by atoms with E-state index in [4.69, 9.17) is 4.74 Å². The van der Waals surface area contributed by atoms with E-state index in [1.807, 2.05) is 0 Å². The van der Waals surface area contributed by atoms with E-state index in [-0.39, 0.29) is 38.9 Å². The first kappa shape index (κ1) is 28.1. The molecule has 1 aliphatic rings. The number of rotatable bonds is 13. The molecule has 0 unspecified atom stereocenters. The summed E-state index contributed by atoms with van der Waals surface area (Å²) in [5, 5.41) is 3.70. The Morgan fingerprint density at radius 3 is 1.94 bits per heavy atom. The van der Waals surface area contributed by atoms with Crippen molar-refractivity contribution in [1.29, 1.82) is 0 Å². The molecule has 1 radical (unpaired) electrons. The van der Waals surface area contributed by atoms with Crippen molar-refractivity contribution in [3.63, 3.8) is 0 Å². The van der Waals surface area contributed by atoms with Gasteiger partial charge in [0.15, 0.2) is 0 Å². The first-order valence-corrected chi connectivity index (χ1v) is 14.2. The number of nitrogens with zero attached hydrogens (tertiary/aromatic N) is 2. The van der Waals surface area contributed by atoms with Crippen molar-refractivity contribution in [3.8, 4) is 5.75 Å². The van der Waals surface area contributed by atoms with Gasteiger partial charge in [-0.1, -0.05) is 0 Å². The Kier molecular flexibility index (Phi) is 12.2. The van der Waals surface area contributed by atoms with Crippen LogP contribution >= 0.6 is 0 Å². The third kappa shape index (κ3) is 7.19. The van der Waals surface area contributed by atoms with Crippen LogP contribution in [0.1, 0.15) is 66.2 Å². The molecule has 0 atom stereocenters. The van der Waals surface area contributed by atoms with Gasteiger partial charge in [0, 0.05) is 0 Å². The summed E-state index contributed by atoms with van der Waals surface area (Å²) in [5.74, 6) is 0.957. The zero-order valence-electron chi connectivity index (χ0n) is 21.0. The quantitative estimate of drug-likeness (QED) is 0.233. The summed E-state index contributed by atoms with van der Waals surface area (Å²) in [6, 6.07) is 11.6. The predicted octanol–water partition coefficient (Wildman–Crippen LogP) is 2.44. The van der Waals surface area contributed by atoms with Crippen molar-refractivity contribution in [2.24, 2.45) is 0 Å². The number of anilines is 4. The largest absolute Gasteiger partial charge is 1.00 e. The van der Waals surface area contributed by atoms with Gasteiger partial charge in [-0.2, -0.15) is 0 Å². The minimum absolute atomic E-state index is 0. The van der Waals surface area contributed by atoms with Gasteiger partial charge in [0.2, 0.25) is 0 Å². The van der Waals surface area contributed by atoms with E-state index in [9.17, 15) is 0 Å². The Morgan fingerprint density at radius 2 is 1.36 bits per heavy atom. The van der Waals surface area contributed by atoms with Gasteiger partial charge in [0.1, 0.15) is 0 Å². The summed E-state index contributed by atoms with van der Waals surface area (Å²) in [4.78, 5) is 5.09. The molecule has 6 heteroatoms. The van der Waals surface area contributed by atoms with Crippen LogP contribution < -0.4 is 52.8 Å². The molecule has 1 aliphatic heterocycles. The molecule has 0 fully saturated rings. The van der Waals surface area contributed by atoms with Crippen LogP contribution in [0, 0.1) is 0 Å². The zero-order valence-corrected chi connectivity index (χ0v) is 24.9. The number of hydrogen-bond acceptors (Lipinski definition) is 4. The van der Waals surface area contributed by atoms with E-state index in [1.165, 1.54) is 51.7 Å². The number of methoxy groups -OCH3 is 1. The Balaban J connectivity index is 0.00000385. The molecule has 0 saturated heterocycles. The Labute approximate surface area is 225 Å². The normalized spacial score (nSPS) is 11.7. The smallest absolute Gasteiger partial charge is 1.00 e. The molecule has 33 heavy (non-hydrogen) atoms. The Morgan fingerprint density at radius 1 is 0.758 bits per heavy atom. The van der Waals surface area contributed by atoms with Gasteiger partial charge in [-0.25, -0.2) is 0 Å². The van der Waals surface area contributed by atoms with Crippen LogP contribution in [-0.2, 0) is 0 Å². The molecule has 0 amide bonds. The molecular weight excluding hydrogens is 588 g/mol. The number of unbranched alkanes of at least 4 members (excludes halogenated alkanes) is 2. The monoisotopic (exact) mass is 630 g/mol. The van der Waals surface area contributed by atoms with Crippen molar-refractivity contribution in [2.75, 3.05) is 48.4 Å². The van der Waals surface area contributed by atoms with Crippen molar-refractivity contribution >= 4 is 46.6 Å². The fourth-order valence-electron chi connectivity index (χ4n) is 4.25. The topological polar surface area (TPSA) is 27.7 Å². The molecule has 0 spiro atoms. The third-order valence-corrected chi connectivity index (χ3v) is 8.30. The second kappa shape index (κ2) is 14.3. The second-order valence-electron chi connectivity index (χ2n) is 8.61. The third-order valence-electron chi connectivity index (χ3n) is 6.00. The molecule has 1 heterocycles. The van der Waals surface area contributed by atoms with E-state index in [1.54, 1.807) is 7.11 Å². The van der Waals surface area contributed by atoms with Gasteiger partial charge in [-0.3, -0.25) is 0 Å². The molecule has 0 bridgehead atoms. The number of benzene rings is 2. The van der Waals surface area contributed by atoms with Gasteiger partial charge >= 0.3 is 202 Å². The van der Waals surface area contributed by atoms with E-state index in [2.05, 4.69) is 73.1 Å². The predicted molar refractivity (Wildman–Crippen MR) is 143 cm³/mol. The molecule has 1 N–H and O–H groups in total. The van der Waals surface area contributed by atoms with Crippen LogP contribution in [0.3, 0.4) is 0 Å². The van der Waals surface area contributed by atoms with Crippen LogP contribution in [0.25, 0.3) is 0 Å². The molecule has 2 aromatic carbocycles. The Bertz CT molecular complexity index is 863. The average molecular weight is 630 g/mol. The summed E-state index contributed by atoms with van der Waals surface area (Å²) in [5.41, 5.74) is 5.05. The summed E-state index contributed by atoms with van der Waals surface area (Å²) >= 11 is 0.250. The molecule has 0 aromatic heterocycles.